The number of rotatable bonds is 5. The van der Waals surface area contributed by atoms with E-state index in [4.69, 9.17) is 10.2 Å². The summed E-state index contributed by atoms with van der Waals surface area (Å²) >= 11 is 0. The van der Waals surface area contributed by atoms with Gasteiger partial charge in [0.15, 0.2) is 5.65 Å². The molecule has 10 nitrogen and oxygen atoms in total. The van der Waals surface area contributed by atoms with Crippen LogP contribution < -0.4 is 10.5 Å². The Labute approximate surface area is 204 Å². The topological polar surface area (TPSA) is 99.8 Å². The van der Waals surface area contributed by atoms with Crippen molar-refractivity contribution in [3.8, 4) is 6.07 Å². The number of fused-ring (bicyclic) bond motifs is 2. The van der Waals surface area contributed by atoms with E-state index in [0.29, 0.717) is 11.3 Å². The van der Waals surface area contributed by atoms with Gasteiger partial charge in [-0.2, -0.15) is 15.5 Å². The van der Waals surface area contributed by atoms with Crippen LogP contribution in [0.25, 0.3) is 11.3 Å². The number of anilines is 1. The summed E-state index contributed by atoms with van der Waals surface area (Å²) in [7, 11) is 1.74. The number of nitrogens with zero attached hydrogens (tertiary/aromatic N) is 9. The molecule has 1 saturated heterocycles. The van der Waals surface area contributed by atoms with Gasteiger partial charge in [0.25, 0.3) is 5.56 Å². The highest BCUT2D eigenvalue weighted by atomic mass is 16.1. The molecular weight excluding hydrogens is 442 g/mol. The largest absolute Gasteiger partial charge is 0.351 e. The molecule has 1 fully saturated rings. The lowest BCUT2D eigenvalue weighted by Gasteiger charge is -2.48. The zero-order valence-electron chi connectivity index (χ0n) is 20.9. The molecule has 10 heteroatoms. The Morgan fingerprint density at radius 3 is 2.77 bits per heavy atom. The summed E-state index contributed by atoms with van der Waals surface area (Å²) in [6.45, 7) is 10.2. The highest BCUT2D eigenvalue weighted by Crippen LogP contribution is 2.30. The molecule has 0 spiro atoms. The van der Waals surface area contributed by atoms with E-state index in [9.17, 15) is 4.79 Å². The molecule has 1 aliphatic rings. The van der Waals surface area contributed by atoms with Crippen LogP contribution in [-0.2, 0) is 13.5 Å². The van der Waals surface area contributed by atoms with E-state index in [1.54, 1.807) is 17.7 Å². The zero-order chi connectivity index (χ0) is 24.9. The van der Waals surface area contributed by atoms with Crippen LogP contribution in [0.5, 0.6) is 0 Å². The lowest BCUT2D eigenvalue weighted by molar-refractivity contribution is 0.103. The normalized spacial score (nSPS) is 19.9. The minimum atomic E-state index is -0.0828. The van der Waals surface area contributed by atoms with Crippen LogP contribution in [0.1, 0.15) is 50.3 Å². The third-order valence-electron chi connectivity index (χ3n) is 7.19. The highest BCUT2D eigenvalue weighted by Gasteiger charge is 2.35. The predicted octanol–water partition coefficient (Wildman–Crippen LogP) is 2.50. The van der Waals surface area contributed by atoms with Gasteiger partial charge in [-0.1, -0.05) is 6.92 Å². The summed E-state index contributed by atoms with van der Waals surface area (Å²) < 4.78 is 5.21. The van der Waals surface area contributed by atoms with E-state index in [-0.39, 0.29) is 30.1 Å². The van der Waals surface area contributed by atoms with Gasteiger partial charge in [0.1, 0.15) is 11.5 Å². The van der Waals surface area contributed by atoms with Crippen LogP contribution in [0.3, 0.4) is 0 Å². The Bertz CT molecular complexity index is 1490. The van der Waals surface area contributed by atoms with Crippen molar-refractivity contribution < 1.29 is 0 Å². The van der Waals surface area contributed by atoms with Crippen LogP contribution in [-0.4, -0.2) is 58.9 Å². The number of hydrogen-bond acceptors (Lipinski definition) is 7. The molecular formula is C25H31N9O. The summed E-state index contributed by atoms with van der Waals surface area (Å²) in [5.74, 6) is 0.778. The van der Waals surface area contributed by atoms with Crippen molar-refractivity contribution in [2.45, 2.75) is 58.7 Å². The molecule has 182 valence electrons. The Balaban J connectivity index is 1.48. The van der Waals surface area contributed by atoms with Crippen LogP contribution in [0.2, 0.25) is 0 Å². The average molecular weight is 474 g/mol. The number of piperazine rings is 1. The third-order valence-corrected chi connectivity index (χ3v) is 7.19. The van der Waals surface area contributed by atoms with E-state index in [1.165, 1.54) is 0 Å². The van der Waals surface area contributed by atoms with Crippen molar-refractivity contribution >= 4 is 17.1 Å². The Hall–Kier alpha value is -3.71. The first-order chi connectivity index (χ1) is 16.8. The fourth-order valence-electron chi connectivity index (χ4n) is 5.22. The van der Waals surface area contributed by atoms with E-state index < -0.39 is 0 Å². The minimum absolute atomic E-state index is 0.0828. The molecule has 0 aliphatic carbocycles. The van der Waals surface area contributed by atoms with Crippen molar-refractivity contribution in [3.05, 3.63) is 57.9 Å². The van der Waals surface area contributed by atoms with Crippen LogP contribution in [0, 0.1) is 18.3 Å². The zero-order valence-corrected chi connectivity index (χ0v) is 20.9. The van der Waals surface area contributed by atoms with Gasteiger partial charge in [0.05, 0.1) is 29.6 Å². The van der Waals surface area contributed by atoms with Gasteiger partial charge in [0.2, 0.25) is 0 Å². The van der Waals surface area contributed by atoms with Crippen molar-refractivity contribution in [2.24, 2.45) is 7.05 Å². The maximum atomic E-state index is 12.8. The molecule has 4 aromatic rings. The molecule has 1 aliphatic heterocycles. The van der Waals surface area contributed by atoms with Crippen molar-refractivity contribution in [1.29, 1.82) is 5.26 Å². The van der Waals surface area contributed by atoms with E-state index >= 15 is 0 Å². The van der Waals surface area contributed by atoms with Crippen LogP contribution in [0.4, 0.5) is 5.82 Å². The monoisotopic (exact) mass is 473 g/mol. The SMILES string of the molecule is CC[C@@H]1CN(c2cc(=O)n(C)c3cc(CC#N)nn23)[C@@H](C)CN1C(C)c1ccn2nc(C)cc2n1. The van der Waals surface area contributed by atoms with Crippen LogP contribution in [0.15, 0.2) is 35.3 Å². The van der Waals surface area contributed by atoms with Gasteiger partial charge < -0.3 is 4.90 Å². The lowest BCUT2D eigenvalue weighted by Crippen LogP contribution is -2.58. The summed E-state index contributed by atoms with van der Waals surface area (Å²) in [6.07, 6.45) is 3.16. The lowest BCUT2D eigenvalue weighted by atomic mass is 10.0. The number of hydrogen-bond donors (Lipinski definition) is 0. The molecule has 0 bridgehead atoms. The molecule has 0 radical (unpaired) electrons. The summed E-state index contributed by atoms with van der Waals surface area (Å²) in [5, 5.41) is 18.2. The third kappa shape index (κ3) is 3.96. The second kappa shape index (κ2) is 8.82. The molecule has 3 atom stereocenters. The van der Waals surface area contributed by atoms with E-state index in [1.807, 2.05) is 34.3 Å². The molecule has 0 saturated carbocycles. The van der Waals surface area contributed by atoms with Gasteiger partial charge in [-0.15, -0.1) is 0 Å². The van der Waals surface area contributed by atoms with Gasteiger partial charge in [0, 0.05) is 62.7 Å². The standard InChI is InChI=1S/C25H31N9O/c1-6-20-15-31(24-13-25(35)30(5)23-12-19(7-9-26)29-34(23)24)17(3)14-32(20)18(4)21-8-10-33-22(27-21)11-16(2)28-33/h8,10-13,17-18,20H,6-7,14-15H2,1-5H3/t17-,18?,20+/m0/s1. The molecule has 5 heterocycles. The van der Waals surface area contributed by atoms with Gasteiger partial charge in [-0.05, 0) is 33.3 Å². The second-order valence-corrected chi connectivity index (χ2v) is 9.52. The fourth-order valence-corrected chi connectivity index (χ4v) is 5.22. The van der Waals surface area contributed by atoms with Gasteiger partial charge >= 0.3 is 0 Å². The quantitative estimate of drug-likeness (QED) is 0.439. The Kier molecular flexibility index (Phi) is 5.81. The van der Waals surface area contributed by atoms with E-state index in [2.05, 4.69) is 52.9 Å². The summed E-state index contributed by atoms with van der Waals surface area (Å²) in [6, 6.07) is 10.3. The molecule has 5 rings (SSSR count). The number of nitriles is 1. The number of aryl methyl sites for hydroxylation is 2. The Morgan fingerprint density at radius 1 is 1.23 bits per heavy atom. The highest BCUT2D eigenvalue weighted by molar-refractivity contribution is 5.52. The molecule has 1 unspecified atom stereocenters. The molecule has 35 heavy (non-hydrogen) atoms. The second-order valence-electron chi connectivity index (χ2n) is 9.52. The van der Waals surface area contributed by atoms with Crippen LogP contribution >= 0.6 is 0 Å². The average Bonchev–Trinajstić information content (AvgIpc) is 3.43. The predicted molar refractivity (Wildman–Crippen MR) is 133 cm³/mol. The van der Waals surface area contributed by atoms with Gasteiger partial charge in [-0.25, -0.2) is 14.0 Å². The molecule has 0 aromatic carbocycles. The Morgan fingerprint density at radius 2 is 2.03 bits per heavy atom. The molecule has 4 aromatic heterocycles. The first-order valence-corrected chi connectivity index (χ1v) is 12.1. The molecule has 0 amide bonds. The minimum Gasteiger partial charge on any atom is -0.351 e. The summed E-state index contributed by atoms with van der Waals surface area (Å²) in [4.78, 5) is 22.5. The van der Waals surface area contributed by atoms with Crippen molar-refractivity contribution in [3.63, 3.8) is 0 Å². The smallest absolute Gasteiger partial charge is 0.255 e. The van der Waals surface area contributed by atoms with E-state index in [0.717, 1.165) is 42.4 Å². The van der Waals surface area contributed by atoms with Crippen molar-refractivity contribution in [2.75, 3.05) is 18.0 Å². The fraction of sp³-hybridized carbons (Fsp3) is 0.480. The first-order valence-electron chi connectivity index (χ1n) is 12.1. The summed E-state index contributed by atoms with van der Waals surface area (Å²) in [5.41, 5.74) is 4.12. The molecule has 0 N–H and O–H groups in total. The first kappa shape index (κ1) is 23.1. The van der Waals surface area contributed by atoms with Gasteiger partial charge in [-0.3, -0.25) is 14.3 Å². The number of aromatic nitrogens is 6. The maximum absolute atomic E-state index is 12.8. The maximum Gasteiger partial charge on any atom is 0.255 e. The van der Waals surface area contributed by atoms with Crippen molar-refractivity contribution in [1.82, 2.24) is 33.7 Å².